The molecule has 0 spiro atoms. The molecule has 0 bridgehead atoms. The molecule has 0 fully saturated rings. The first-order chi connectivity index (χ1) is 12.6. The molecule has 2 atom stereocenters. The zero-order chi connectivity index (χ0) is 18.8. The zero-order valence-electron chi connectivity index (χ0n) is 14.2. The van der Waals surface area contributed by atoms with E-state index in [1.165, 1.54) is 0 Å². The van der Waals surface area contributed by atoms with Gasteiger partial charge in [-0.2, -0.15) is 0 Å². The third-order valence-corrected chi connectivity index (χ3v) is 4.98. The van der Waals surface area contributed by atoms with Crippen molar-refractivity contribution in [1.82, 2.24) is 5.32 Å². The lowest BCUT2D eigenvalue weighted by Gasteiger charge is -2.14. The van der Waals surface area contributed by atoms with Crippen molar-refractivity contribution in [3.05, 3.63) is 66.2 Å². The monoisotopic (exact) mass is 375 g/mol. The highest BCUT2D eigenvalue weighted by atomic mass is 32.2. The smallest absolute Gasteiger partial charge is 0.326 e. The van der Waals surface area contributed by atoms with Crippen LogP contribution >= 0.6 is 0 Å². The Kier molecular flexibility index (Phi) is 7.98. The number of hydrogen-bond acceptors (Lipinski definition) is 4. The average Bonchev–Trinajstić information content (AvgIpc) is 2.66. The van der Waals surface area contributed by atoms with Gasteiger partial charge in [-0.3, -0.25) is 9.00 Å². The SMILES string of the molecule is O=C(COCc1ccccc1)N[C@H](CC[S@](=O)c1ccccc1)C(=O)O. The molecule has 2 aromatic carbocycles. The van der Waals surface area contributed by atoms with E-state index in [-0.39, 0.29) is 25.4 Å². The molecule has 7 heteroatoms. The highest BCUT2D eigenvalue weighted by Gasteiger charge is 2.21. The summed E-state index contributed by atoms with van der Waals surface area (Å²) in [6, 6.07) is 17.1. The van der Waals surface area contributed by atoms with Crippen LogP contribution in [0.25, 0.3) is 0 Å². The Bertz CT molecular complexity index is 736. The van der Waals surface area contributed by atoms with E-state index in [0.717, 1.165) is 5.56 Å². The number of amides is 1. The average molecular weight is 375 g/mol. The van der Waals surface area contributed by atoms with Gasteiger partial charge in [0.1, 0.15) is 12.6 Å². The fourth-order valence-electron chi connectivity index (χ4n) is 2.24. The third-order valence-electron chi connectivity index (χ3n) is 3.58. The normalized spacial score (nSPS) is 12.9. The third kappa shape index (κ3) is 6.78. The van der Waals surface area contributed by atoms with Crippen LogP contribution in [0, 0.1) is 0 Å². The van der Waals surface area contributed by atoms with E-state index in [9.17, 15) is 18.9 Å². The summed E-state index contributed by atoms with van der Waals surface area (Å²) in [5.41, 5.74) is 0.924. The summed E-state index contributed by atoms with van der Waals surface area (Å²) in [4.78, 5) is 23.8. The van der Waals surface area contributed by atoms with Gasteiger partial charge in [-0.1, -0.05) is 48.5 Å². The van der Waals surface area contributed by atoms with Crippen LogP contribution in [0.1, 0.15) is 12.0 Å². The van der Waals surface area contributed by atoms with Crippen molar-refractivity contribution in [3.8, 4) is 0 Å². The molecule has 138 valence electrons. The number of carboxylic acids is 1. The summed E-state index contributed by atoms with van der Waals surface area (Å²) < 4.78 is 17.5. The van der Waals surface area contributed by atoms with Gasteiger partial charge in [-0.05, 0) is 24.1 Å². The molecular formula is C19H21NO5S. The first-order valence-electron chi connectivity index (χ1n) is 8.13. The molecule has 0 radical (unpaired) electrons. The summed E-state index contributed by atoms with van der Waals surface area (Å²) in [6.45, 7) is 0.0322. The van der Waals surface area contributed by atoms with Gasteiger partial charge in [0, 0.05) is 10.6 Å². The quantitative estimate of drug-likeness (QED) is 0.662. The predicted octanol–water partition coefficient (Wildman–Crippen LogP) is 1.97. The van der Waals surface area contributed by atoms with E-state index in [2.05, 4.69) is 5.32 Å². The molecular weight excluding hydrogens is 354 g/mol. The van der Waals surface area contributed by atoms with Gasteiger partial charge in [-0.25, -0.2) is 4.79 Å². The lowest BCUT2D eigenvalue weighted by atomic mass is 10.2. The lowest BCUT2D eigenvalue weighted by Crippen LogP contribution is -2.43. The molecule has 26 heavy (non-hydrogen) atoms. The maximum absolute atomic E-state index is 12.2. The molecule has 0 saturated heterocycles. The van der Waals surface area contributed by atoms with Crippen molar-refractivity contribution in [2.75, 3.05) is 12.4 Å². The summed E-state index contributed by atoms with van der Waals surface area (Å²) in [5, 5.41) is 11.7. The van der Waals surface area contributed by atoms with Gasteiger partial charge in [0.15, 0.2) is 0 Å². The molecule has 0 heterocycles. The van der Waals surface area contributed by atoms with Gasteiger partial charge < -0.3 is 15.2 Å². The second-order valence-corrected chi connectivity index (χ2v) is 7.16. The van der Waals surface area contributed by atoms with Crippen molar-refractivity contribution in [3.63, 3.8) is 0 Å². The molecule has 0 saturated carbocycles. The minimum Gasteiger partial charge on any atom is -0.480 e. The summed E-state index contributed by atoms with van der Waals surface area (Å²) in [7, 11) is -1.31. The van der Waals surface area contributed by atoms with E-state index in [4.69, 9.17) is 4.74 Å². The van der Waals surface area contributed by atoms with Crippen LogP contribution in [0.15, 0.2) is 65.6 Å². The molecule has 6 nitrogen and oxygen atoms in total. The first-order valence-corrected chi connectivity index (χ1v) is 9.45. The molecule has 1 amide bonds. The van der Waals surface area contributed by atoms with Crippen molar-refractivity contribution >= 4 is 22.7 Å². The fraction of sp³-hybridized carbons (Fsp3) is 0.263. The van der Waals surface area contributed by atoms with E-state index in [1.54, 1.807) is 24.3 Å². The standard InChI is InChI=1S/C19H21NO5S/c21-18(14-25-13-15-7-3-1-4-8-15)20-17(19(22)23)11-12-26(24)16-9-5-2-6-10-16/h1-10,17H,11-14H2,(H,20,21)(H,22,23)/t17-,26+/m1/s1. The van der Waals surface area contributed by atoms with Crippen LogP contribution < -0.4 is 5.32 Å². The number of carbonyl (C=O) groups is 2. The molecule has 0 aliphatic carbocycles. The fourth-order valence-corrected chi connectivity index (χ4v) is 3.39. The molecule has 0 aromatic heterocycles. The van der Waals surface area contributed by atoms with Crippen molar-refractivity contribution in [2.45, 2.75) is 24.0 Å². The molecule has 2 aromatic rings. The molecule has 2 N–H and O–H groups in total. The highest BCUT2D eigenvalue weighted by molar-refractivity contribution is 7.85. The minimum atomic E-state index is -1.31. The Hall–Kier alpha value is -2.51. The number of ether oxygens (including phenoxy) is 1. The Balaban J connectivity index is 1.77. The zero-order valence-corrected chi connectivity index (χ0v) is 15.0. The van der Waals surface area contributed by atoms with Gasteiger partial charge in [0.25, 0.3) is 0 Å². The molecule has 2 rings (SSSR count). The van der Waals surface area contributed by atoms with Gasteiger partial charge in [0.05, 0.1) is 17.4 Å². The summed E-state index contributed by atoms with van der Waals surface area (Å²) in [5.74, 6) is -1.53. The summed E-state index contributed by atoms with van der Waals surface area (Å²) in [6.07, 6.45) is 0.0707. The van der Waals surface area contributed by atoms with Crippen LogP contribution in [0.3, 0.4) is 0 Å². The van der Waals surface area contributed by atoms with Crippen LogP contribution in [0.4, 0.5) is 0 Å². The number of rotatable bonds is 10. The van der Waals surface area contributed by atoms with Gasteiger partial charge in [-0.15, -0.1) is 0 Å². The first kappa shape index (κ1) is 19.8. The highest BCUT2D eigenvalue weighted by Crippen LogP contribution is 2.08. The Morgan fingerprint density at radius 2 is 1.65 bits per heavy atom. The number of aliphatic carboxylic acids is 1. The predicted molar refractivity (Wildman–Crippen MR) is 98.0 cm³/mol. The maximum Gasteiger partial charge on any atom is 0.326 e. The molecule has 0 unspecified atom stereocenters. The van der Waals surface area contributed by atoms with Crippen molar-refractivity contribution in [1.29, 1.82) is 0 Å². The van der Waals surface area contributed by atoms with Crippen molar-refractivity contribution in [2.24, 2.45) is 0 Å². The lowest BCUT2D eigenvalue weighted by molar-refractivity contribution is -0.142. The Morgan fingerprint density at radius 1 is 1.04 bits per heavy atom. The topological polar surface area (TPSA) is 92.7 Å². The molecule has 0 aliphatic heterocycles. The maximum atomic E-state index is 12.2. The number of benzene rings is 2. The van der Waals surface area contributed by atoms with Gasteiger partial charge >= 0.3 is 5.97 Å². The van der Waals surface area contributed by atoms with Crippen LogP contribution in [-0.2, 0) is 31.7 Å². The van der Waals surface area contributed by atoms with Crippen LogP contribution in [0.5, 0.6) is 0 Å². The second-order valence-electron chi connectivity index (χ2n) is 5.59. The number of carboxylic acid groups (broad SMARTS) is 1. The summed E-state index contributed by atoms with van der Waals surface area (Å²) >= 11 is 0. The van der Waals surface area contributed by atoms with Crippen LogP contribution in [0.2, 0.25) is 0 Å². The van der Waals surface area contributed by atoms with E-state index >= 15 is 0 Å². The Labute approximate surface area is 154 Å². The number of carbonyl (C=O) groups excluding carboxylic acids is 1. The van der Waals surface area contributed by atoms with Crippen LogP contribution in [-0.4, -0.2) is 39.6 Å². The van der Waals surface area contributed by atoms with E-state index in [1.807, 2.05) is 36.4 Å². The largest absolute Gasteiger partial charge is 0.480 e. The van der Waals surface area contributed by atoms with E-state index in [0.29, 0.717) is 4.90 Å². The second kappa shape index (κ2) is 10.5. The minimum absolute atomic E-state index is 0.0707. The Morgan fingerprint density at radius 3 is 2.27 bits per heavy atom. The molecule has 0 aliphatic rings. The van der Waals surface area contributed by atoms with Crippen molar-refractivity contribution < 1.29 is 23.6 Å². The number of hydrogen-bond donors (Lipinski definition) is 2. The van der Waals surface area contributed by atoms with E-state index < -0.39 is 28.7 Å². The van der Waals surface area contributed by atoms with Gasteiger partial charge in [0.2, 0.25) is 5.91 Å². The number of nitrogens with one attached hydrogen (secondary N) is 1.